The fourth-order valence-corrected chi connectivity index (χ4v) is 3.64. The van der Waals surface area contributed by atoms with Crippen molar-refractivity contribution in [1.82, 2.24) is 29.5 Å². The SMILES string of the molecule is O=C(NCc1ncccc1-c1ccc(F)cc1)c1ccc2nn(Cc3ccccn3)c(=O)n2c1. The van der Waals surface area contributed by atoms with Crippen LogP contribution in [0.4, 0.5) is 4.39 Å². The highest BCUT2D eigenvalue weighted by Crippen LogP contribution is 2.22. The molecule has 4 heterocycles. The lowest BCUT2D eigenvalue weighted by Gasteiger charge is -2.10. The number of benzene rings is 1. The molecular formula is C25H19FN6O2. The van der Waals surface area contributed by atoms with Gasteiger partial charge < -0.3 is 5.32 Å². The van der Waals surface area contributed by atoms with Crippen molar-refractivity contribution in [2.24, 2.45) is 0 Å². The number of amides is 1. The van der Waals surface area contributed by atoms with Crippen LogP contribution in [0, 0.1) is 5.82 Å². The molecule has 34 heavy (non-hydrogen) atoms. The number of halogens is 1. The first kappa shape index (κ1) is 21.2. The Labute approximate surface area is 193 Å². The van der Waals surface area contributed by atoms with Crippen LogP contribution >= 0.6 is 0 Å². The summed E-state index contributed by atoms with van der Waals surface area (Å²) in [4.78, 5) is 34.2. The number of pyridine rings is 3. The van der Waals surface area contributed by atoms with Gasteiger partial charge in [-0.25, -0.2) is 18.3 Å². The van der Waals surface area contributed by atoms with E-state index in [2.05, 4.69) is 20.4 Å². The van der Waals surface area contributed by atoms with Crippen molar-refractivity contribution < 1.29 is 9.18 Å². The normalized spacial score (nSPS) is 11.0. The van der Waals surface area contributed by atoms with Gasteiger partial charge in [-0.2, -0.15) is 0 Å². The van der Waals surface area contributed by atoms with Crippen molar-refractivity contribution in [3.05, 3.63) is 119 Å². The predicted octanol–water partition coefficient (Wildman–Crippen LogP) is 3.07. The van der Waals surface area contributed by atoms with Crippen molar-refractivity contribution >= 4 is 11.6 Å². The second kappa shape index (κ2) is 9.07. The van der Waals surface area contributed by atoms with Gasteiger partial charge in [0.05, 0.1) is 30.0 Å². The summed E-state index contributed by atoms with van der Waals surface area (Å²) in [5, 5.41) is 7.15. The van der Waals surface area contributed by atoms with E-state index in [4.69, 9.17) is 0 Å². The molecule has 0 bridgehead atoms. The van der Waals surface area contributed by atoms with E-state index in [1.165, 1.54) is 27.4 Å². The van der Waals surface area contributed by atoms with Crippen LogP contribution in [0.2, 0.25) is 0 Å². The number of nitrogens with one attached hydrogen (secondary N) is 1. The minimum atomic E-state index is -0.362. The summed E-state index contributed by atoms with van der Waals surface area (Å²) >= 11 is 0. The van der Waals surface area contributed by atoms with E-state index < -0.39 is 0 Å². The van der Waals surface area contributed by atoms with Crippen LogP contribution in [0.25, 0.3) is 16.8 Å². The molecule has 1 amide bonds. The van der Waals surface area contributed by atoms with E-state index in [1.54, 1.807) is 48.8 Å². The maximum absolute atomic E-state index is 13.3. The molecule has 5 rings (SSSR count). The van der Waals surface area contributed by atoms with Gasteiger partial charge in [-0.3, -0.25) is 14.8 Å². The molecule has 8 nitrogen and oxygen atoms in total. The van der Waals surface area contributed by atoms with Crippen LogP contribution in [0.5, 0.6) is 0 Å². The van der Waals surface area contributed by atoms with Gasteiger partial charge in [0.25, 0.3) is 5.91 Å². The number of aromatic nitrogens is 5. The fraction of sp³-hybridized carbons (Fsp3) is 0.0800. The quantitative estimate of drug-likeness (QED) is 0.426. The van der Waals surface area contributed by atoms with Crippen molar-refractivity contribution in [2.45, 2.75) is 13.1 Å². The number of fused-ring (bicyclic) bond motifs is 1. The summed E-state index contributed by atoms with van der Waals surface area (Å²) in [6.45, 7) is 0.396. The molecule has 0 atom stereocenters. The molecule has 0 spiro atoms. The van der Waals surface area contributed by atoms with E-state index in [9.17, 15) is 14.0 Å². The molecule has 0 saturated heterocycles. The first-order valence-electron chi connectivity index (χ1n) is 10.6. The zero-order chi connectivity index (χ0) is 23.5. The Hall–Kier alpha value is -4.66. The molecule has 168 valence electrons. The second-order valence-electron chi connectivity index (χ2n) is 7.59. The van der Waals surface area contributed by atoms with Gasteiger partial charge in [-0.05, 0) is 48.0 Å². The van der Waals surface area contributed by atoms with E-state index in [0.717, 1.165) is 11.1 Å². The van der Waals surface area contributed by atoms with E-state index >= 15 is 0 Å². The van der Waals surface area contributed by atoms with Gasteiger partial charge in [0.15, 0.2) is 5.65 Å². The predicted molar refractivity (Wildman–Crippen MR) is 124 cm³/mol. The molecule has 1 aromatic carbocycles. The maximum atomic E-state index is 13.3. The van der Waals surface area contributed by atoms with Crippen molar-refractivity contribution in [3.8, 4) is 11.1 Å². The van der Waals surface area contributed by atoms with Gasteiger partial charge in [0.2, 0.25) is 0 Å². The average molecular weight is 454 g/mol. The number of nitrogens with zero attached hydrogens (tertiary/aromatic N) is 5. The summed E-state index contributed by atoms with van der Waals surface area (Å²) in [6.07, 6.45) is 4.76. The lowest BCUT2D eigenvalue weighted by Crippen LogP contribution is -2.25. The molecule has 9 heteroatoms. The maximum Gasteiger partial charge on any atom is 0.350 e. The number of carbonyl (C=O) groups is 1. The van der Waals surface area contributed by atoms with Gasteiger partial charge in [0.1, 0.15) is 5.82 Å². The van der Waals surface area contributed by atoms with Crippen molar-refractivity contribution in [2.75, 3.05) is 0 Å². The minimum absolute atomic E-state index is 0.165. The molecule has 0 radical (unpaired) electrons. The van der Waals surface area contributed by atoms with Crippen LogP contribution < -0.4 is 11.0 Å². The van der Waals surface area contributed by atoms with Crippen LogP contribution in [0.1, 0.15) is 21.7 Å². The standard InChI is InChI=1S/C25H19FN6O2/c26-19-9-6-17(7-10-19)21-5-3-13-28-22(21)14-29-24(33)18-8-11-23-30-32(25(34)31(23)15-18)16-20-4-1-2-12-27-20/h1-13,15H,14,16H2,(H,29,33). The Morgan fingerprint density at radius 3 is 2.56 bits per heavy atom. The Bertz CT molecular complexity index is 1530. The highest BCUT2D eigenvalue weighted by molar-refractivity contribution is 5.94. The van der Waals surface area contributed by atoms with E-state index in [0.29, 0.717) is 22.6 Å². The zero-order valence-corrected chi connectivity index (χ0v) is 17.9. The fourth-order valence-electron chi connectivity index (χ4n) is 3.64. The first-order valence-corrected chi connectivity index (χ1v) is 10.6. The van der Waals surface area contributed by atoms with Gasteiger partial charge in [-0.1, -0.05) is 24.3 Å². The third kappa shape index (κ3) is 4.31. The highest BCUT2D eigenvalue weighted by atomic mass is 19.1. The molecule has 1 N–H and O–H groups in total. The summed E-state index contributed by atoms with van der Waals surface area (Å²) in [5.41, 5.74) is 3.32. The molecule has 0 aliphatic heterocycles. The molecule has 5 aromatic rings. The Kier molecular flexibility index (Phi) is 5.65. The molecule has 0 unspecified atom stereocenters. The Morgan fingerprint density at radius 1 is 0.941 bits per heavy atom. The molecular weight excluding hydrogens is 435 g/mol. The third-order valence-electron chi connectivity index (χ3n) is 5.34. The number of hydrogen-bond acceptors (Lipinski definition) is 5. The number of hydrogen-bond donors (Lipinski definition) is 1. The van der Waals surface area contributed by atoms with Crippen molar-refractivity contribution in [3.63, 3.8) is 0 Å². The number of rotatable bonds is 6. The Morgan fingerprint density at radius 2 is 1.76 bits per heavy atom. The first-order chi connectivity index (χ1) is 16.6. The average Bonchev–Trinajstić information content (AvgIpc) is 3.18. The largest absolute Gasteiger partial charge is 0.350 e. The molecule has 0 saturated carbocycles. The Balaban J connectivity index is 1.35. The lowest BCUT2D eigenvalue weighted by molar-refractivity contribution is 0.0950. The van der Waals surface area contributed by atoms with Crippen LogP contribution in [0.3, 0.4) is 0 Å². The van der Waals surface area contributed by atoms with Gasteiger partial charge >= 0.3 is 5.69 Å². The third-order valence-corrected chi connectivity index (χ3v) is 5.34. The topological polar surface area (TPSA) is 94.2 Å². The van der Waals surface area contributed by atoms with Crippen LogP contribution in [-0.4, -0.2) is 30.1 Å². The molecule has 0 fully saturated rings. The number of carbonyl (C=O) groups excluding carboxylic acids is 1. The second-order valence-corrected chi connectivity index (χ2v) is 7.59. The van der Waals surface area contributed by atoms with Gasteiger partial charge in [0, 0.05) is 24.2 Å². The monoisotopic (exact) mass is 454 g/mol. The lowest BCUT2D eigenvalue weighted by atomic mass is 10.0. The van der Waals surface area contributed by atoms with Crippen LogP contribution in [-0.2, 0) is 13.1 Å². The molecule has 4 aromatic heterocycles. The highest BCUT2D eigenvalue weighted by Gasteiger charge is 2.13. The smallest absolute Gasteiger partial charge is 0.346 e. The van der Waals surface area contributed by atoms with Gasteiger partial charge in [-0.15, -0.1) is 5.10 Å². The van der Waals surface area contributed by atoms with Crippen LogP contribution in [0.15, 0.2) is 90.1 Å². The van der Waals surface area contributed by atoms with E-state index in [1.807, 2.05) is 18.2 Å². The van der Waals surface area contributed by atoms with E-state index in [-0.39, 0.29) is 30.5 Å². The zero-order valence-electron chi connectivity index (χ0n) is 17.9. The summed E-state index contributed by atoms with van der Waals surface area (Å²) < 4.78 is 15.9. The summed E-state index contributed by atoms with van der Waals surface area (Å²) in [5.74, 6) is -0.682. The molecule has 0 aliphatic carbocycles. The summed E-state index contributed by atoms with van der Waals surface area (Å²) in [7, 11) is 0. The minimum Gasteiger partial charge on any atom is -0.346 e. The van der Waals surface area contributed by atoms with Crippen molar-refractivity contribution in [1.29, 1.82) is 0 Å². The molecule has 0 aliphatic rings. The summed E-state index contributed by atoms with van der Waals surface area (Å²) in [6, 6.07) is 18.4.